The lowest BCUT2D eigenvalue weighted by Gasteiger charge is -2.21. The molecule has 3 amide bonds. The normalized spacial score (nSPS) is 16.6. The summed E-state index contributed by atoms with van der Waals surface area (Å²) in [6, 6.07) is 20.3. The van der Waals surface area contributed by atoms with Crippen LogP contribution in [0, 0.1) is 0 Å². The SMILES string of the molecule is O=C1CCC(n2ncc3cc(CNC(=O)C4=Cc5cc(-c6ccccc6)ccc5OC4)ccc3c2=O)C(=O)N1. The second kappa shape index (κ2) is 10.0. The number of piperidine rings is 1. The van der Waals surface area contributed by atoms with Crippen LogP contribution in [0.15, 0.2) is 83.3 Å². The zero-order valence-corrected chi connectivity index (χ0v) is 20.8. The van der Waals surface area contributed by atoms with Crippen LogP contribution in [-0.2, 0) is 20.9 Å². The van der Waals surface area contributed by atoms with Crippen LogP contribution < -0.4 is 20.9 Å². The Morgan fingerprint density at radius 3 is 2.69 bits per heavy atom. The molecule has 0 aliphatic carbocycles. The van der Waals surface area contributed by atoms with Crippen molar-refractivity contribution in [2.24, 2.45) is 0 Å². The van der Waals surface area contributed by atoms with Gasteiger partial charge in [0.1, 0.15) is 18.4 Å². The van der Waals surface area contributed by atoms with Gasteiger partial charge >= 0.3 is 0 Å². The standard InChI is InChI=1S/C30H24N4O5/c35-27-11-9-25(29(37)33-27)34-30(38)24-8-6-18(12-22(24)16-32-34)15-31-28(36)23-14-21-13-20(7-10-26(21)39-17-23)19-4-2-1-3-5-19/h1-8,10,12-14,16,25H,9,11,15,17H2,(H,31,36)(H,33,35,37). The van der Waals surface area contributed by atoms with Crippen molar-refractivity contribution in [1.82, 2.24) is 20.4 Å². The van der Waals surface area contributed by atoms with E-state index in [1.807, 2.05) is 54.6 Å². The van der Waals surface area contributed by atoms with Crippen molar-refractivity contribution in [2.75, 3.05) is 6.61 Å². The third-order valence-corrected chi connectivity index (χ3v) is 6.96. The zero-order chi connectivity index (χ0) is 26.9. The van der Waals surface area contributed by atoms with E-state index in [9.17, 15) is 19.2 Å². The Morgan fingerprint density at radius 1 is 1.03 bits per heavy atom. The van der Waals surface area contributed by atoms with Gasteiger partial charge in [-0.1, -0.05) is 42.5 Å². The number of carbonyl (C=O) groups excluding carboxylic acids is 3. The highest BCUT2D eigenvalue weighted by atomic mass is 16.5. The molecule has 1 aromatic heterocycles. The Bertz CT molecular complexity index is 1720. The van der Waals surface area contributed by atoms with Crippen molar-refractivity contribution in [3.8, 4) is 16.9 Å². The Balaban J connectivity index is 1.17. The maximum absolute atomic E-state index is 13.0. The summed E-state index contributed by atoms with van der Waals surface area (Å²) >= 11 is 0. The number of nitrogens with one attached hydrogen (secondary N) is 2. The molecule has 0 bridgehead atoms. The van der Waals surface area contributed by atoms with Crippen molar-refractivity contribution in [3.63, 3.8) is 0 Å². The van der Waals surface area contributed by atoms with Crippen LogP contribution in [0.5, 0.6) is 5.75 Å². The van der Waals surface area contributed by atoms with Crippen LogP contribution in [0.2, 0.25) is 0 Å². The number of hydrogen-bond donors (Lipinski definition) is 2. The first kappa shape index (κ1) is 24.3. The number of amides is 3. The highest BCUT2D eigenvalue weighted by molar-refractivity contribution is 6.00. The zero-order valence-electron chi connectivity index (χ0n) is 20.8. The molecule has 2 N–H and O–H groups in total. The molecule has 1 atom stereocenters. The van der Waals surface area contributed by atoms with Crippen LogP contribution in [0.25, 0.3) is 28.0 Å². The molecule has 0 spiro atoms. The average Bonchev–Trinajstić information content (AvgIpc) is 2.96. The van der Waals surface area contributed by atoms with Crippen LogP contribution in [-0.4, -0.2) is 34.1 Å². The third-order valence-electron chi connectivity index (χ3n) is 6.96. The molecule has 2 aliphatic heterocycles. The number of carbonyl (C=O) groups is 3. The molecule has 0 saturated carbocycles. The Kier molecular flexibility index (Phi) is 6.24. The lowest BCUT2D eigenvalue weighted by molar-refractivity contribution is -0.136. The number of ether oxygens (including phenoxy) is 1. The number of imide groups is 1. The summed E-state index contributed by atoms with van der Waals surface area (Å²) in [7, 11) is 0. The van der Waals surface area contributed by atoms with Gasteiger partial charge in [-0.3, -0.25) is 24.5 Å². The predicted molar refractivity (Wildman–Crippen MR) is 145 cm³/mol. The minimum Gasteiger partial charge on any atom is -0.488 e. The number of benzene rings is 3. The van der Waals surface area contributed by atoms with E-state index in [0.29, 0.717) is 16.3 Å². The molecule has 6 rings (SSSR count). The van der Waals surface area contributed by atoms with Gasteiger partial charge in [-0.15, -0.1) is 0 Å². The molecule has 194 valence electrons. The monoisotopic (exact) mass is 520 g/mol. The fraction of sp³-hybridized carbons (Fsp3) is 0.167. The molecule has 9 heteroatoms. The molecule has 1 unspecified atom stereocenters. The van der Waals surface area contributed by atoms with Crippen LogP contribution in [0.4, 0.5) is 0 Å². The molecule has 1 saturated heterocycles. The van der Waals surface area contributed by atoms with Gasteiger partial charge in [0.05, 0.1) is 17.2 Å². The number of nitrogens with zero attached hydrogens (tertiary/aromatic N) is 2. The highest BCUT2D eigenvalue weighted by Crippen LogP contribution is 2.31. The summed E-state index contributed by atoms with van der Waals surface area (Å²) in [5.41, 5.74) is 3.87. The molecular weight excluding hydrogens is 496 g/mol. The largest absolute Gasteiger partial charge is 0.488 e. The molecule has 1 fully saturated rings. The van der Waals surface area contributed by atoms with Gasteiger partial charge in [0.15, 0.2) is 0 Å². The van der Waals surface area contributed by atoms with Crippen LogP contribution >= 0.6 is 0 Å². The van der Waals surface area contributed by atoms with Crippen molar-refractivity contribution in [2.45, 2.75) is 25.4 Å². The summed E-state index contributed by atoms with van der Waals surface area (Å²) in [6.07, 6.45) is 3.75. The topological polar surface area (TPSA) is 119 Å². The number of fused-ring (bicyclic) bond motifs is 2. The van der Waals surface area contributed by atoms with E-state index in [1.54, 1.807) is 18.2 Å². The van der Waals surface area contributed by atoms with Gasteiger partial charge in [-0.05, 0) is 53.5 Å². The maximum Gasteiger partial charge on any atom is 0.275 e. The minimum atomic E-state index is -0.821. The van der Waals surface area contributed by atoms with Crippen LogP contribution in [0.1, 0.15) is 30.0 Å². The number of rotatable bonds is 5. The molecule has 3 heterocycles. The van der Waals surface area contributed by atoms with E-state index in [-0.39, 0.29) is 37.8 Å². The first-order valence-corrected chi connectivity index (χ1v) is 12.6. The average molecular weight is 521 g/mol. The fourth-order valence-electron chi connectivity index (χ4n) is 4.88. The first-order valence-electron chi connectivity index (χ1n) is 12.6. The molecule has 3 aromatic carbocycles. The quantitative estimate of drug-likeness (QED) is 0.390. The van der Waals surface area contributed by atoms with E-state index in [2.05, 4.69) is 15.7 Å². The van der Waals surface area contributed by atoms with Crippen molar-refractivity contribution in [3.05, 3.63) is 100.0 Å². The lowest BCUT2D eigenvalue weighted by Crippen LogP contribution is -2.45. The molecule has 9 nitrogen and oxygen atoms in total. The predicted octanol–water partition coefficient (Wildman–Crippen LogP) is 3.13. The maximum atomic E-state index is 13.0. The molecule has 0 radical (unpaired) electrons. The van der Waals surface area contributed by atoms with Crippen LogP contribution in [0.3, 0.4) is 0 Å². The Morgan fingerprint density at radius 2 is 1.87 bits per heavy atom. The fourth-order valence-corrected chi connectivity index (χ4v) is 4.88. The van der Waals surface area contributed by atoms with E-state index < -0.39 is 17.5 Å². The second-order valence-electron chi connectivity index (χ2n) is 9.54. The molecular formula is C30H24N4O5. The summed E-state index contributed by atoms with van der Waals surface area (Å²) < 4.78 is 6.95. The van der Waals surface area contributed by atoms with E-state index in [4.69, 9.17) is 4.74 Å². The van der Waals surface area contributed by atoms with Gasteiger partial charge in [0.2, 0.25) is 5.91 Å². The number of hydrogen-bond acceptors (Lipinski definition) is 6. The lowest BCUT2D eigenvalue weighted by atomic mass is 10.00. The summed E-state index contributed by atoms with van der Waals surface area (Å²) in [5.74, 6) is -0.388. The summed E-state index contributed by atoms with van der Waals surface area (Å²) in [6.45, 7) is 0.421. The smallest absolute Gasteiger partial charge is 0.275 e. The van der Waals surface area contributed by atoms with E-state index >= 15 is 0 Å². The highest BCUT2D eigenvalue weighted by Gasteiger charge is 2.30. The van der Waals surface area contributed by atoms with Crippen molar-refractivity contribution < 1.29 is 19.1 Å². The summed E-state index contributed by atoms with van der Waals surface area (Å²) in [4.78, 5) is 49.6. The number of aromatic nitrogens is 2. The van der Waals surface area contributed by atoms with Gasteiger partial charge in [-0.2, -0.15) is 5.10 Å². The van der Waals surface area contributed by atoms with Crippen molar-refractivity contribution in [1.29, 1.82) is 0 Å². The second-order valence-corrected chi connectivity index (χ2v) is 9.54. The molecule has 39 heavy (non-hydrogen) atoms. The minimum absolute atomic E-state index is 0.155. The van der Waals surface area contributed by atoms with E-state index in [1.165, 1.54) is 6.20 Å². The van der Waals surface area contributed by atoms with Gasteiger partial charge in [0, 0.05) is 23.9 Å². The van der Waals surface area contributed by atoms with E-state index in [0.717, 1.165) is 32.7 Å². The summed E-state index contributed by atoms with van der Waals surface area (Å²) in [5, 5.41) is 10.4. The van der Waals surface area contributed by atoms with Gasteiger partial charge in [0.25, 0.3) is 17.4 Å². The Labute approximate surface area is 223 Å². The van der Waals surface area contributed by atoms with Gasteiger partial charge in [-0.25, -0.2) is 4.68 Å². The van der Waals surface area contributed by atoms with Gasteiger partial charge < -0.3 is 10.1 Å². The molecule has 4 aromatic rings. The molecule has 2 aliphatic rings. The first-order chi connectivity index (χ1) is 19.0. The third kappa shape index (κ3) is 4.82. The Hall–Kier alpha value is -5.05. The van der Waals surface area contributed by atoms with Crippen molar-refractivity contribution >= 4 is 34.6 Å².